The summed E-state index contributed by atoms with van der Waals surface area (Å²) in [5, 5.41) is 3.27. The Morgan fingerprint density at radius 1 is 1.29 bits per heavy atom. The predicted octanol–water partition coefficient (Wildman–Crippen LogP) is -0.548. The number of sulfonamides is 1. The van der Waals surface area contributed by atoms with Crippen LogP contribution in [0.5, 0.6) is 0 Å². The van der Waals surface area contributed by atoms with Crippen LogP contribution in [0.25, 0.3) is 11.0 Å². The second-order valence-electron chi connectivity index (χ2n) is 5.67. The monoisotopic (exact) mass is 375 g/mol. The Bertz CT molecular complexity index is 955. The number of hydrogen-bond acceptors (Lipinski definition) is 6. The quantitative estimate of drug-likeness (QED) is 0.568. The average Bonchev–Trinajstić information content (AvgIpc) is 2.46. The summed E-state index contributed by atoms with van der Waals surface area (Å²) in [7, 11) is -3.79. The van der Waals surface area contributed by atoms with Crippen LogP contribution in [0.3, 0.4) is 0 Å². The summed E-state index contributed by atoms with van der Waals surface area (Å²) >= 11 is 0. The Hall–Kier alpha value is -1.75. The molecule has 1 aliphatic heterocycles. The minimum absolute atomic E-state index is 0. The maximum Gasteiger partial charge on any atom is 0.327 e. The lowest BCUT2D eigenvalue weighted by atomic mass is 10.0. The number of pyridine rings is 1. The molecule has 0 amide bonds. The number of H-pyrrole nitrogens is 2. The Balaban J connectivity index is 0.00000208. The Labute approximate surface area is 143 Å². The molecule has 4 N–H and O–H groups in total. The number of aromatic amines is 2. The molecule has 3 heterocycles. The lowest BCUT2D eigenvalue weighted by molar-refractivity contribution is 0.361. The molecule has 1 saturated heterocycles. The Kier molecular flexibility index (Phi) is 5.43. The van der Waals surface area contributed by atoms with Crippen molar-refractivity contribution >= 4 is 33.5 Å². The van der Waals surface area contributed by atoms with Gasteiger partial charge in [0.05, 0.1) is 5.39 Å². The van der Waals surface area contributed by atoms with E-state index in [1.54, 1.807) is 0 Å². The van der Waals surface area contributed by atoms with E-state index in [9.17, 15) is 18.0 Å². The molecular weight excluding hydrogens is 358 g/mol. The third kappa shape index (κ3) is 3.83. The van der Waals surface area contributed by atoms with Crippen LogP contribution >= 0.6 is 12.4 Å². The van der Waals surface area contributed by atoms with Crippen LogP contribution in [0.1, 0.15) is 19.8 Å². The summed E-state index contributed by atoms with van der Waals surface area (Å²) in [5.74, 6) is 0. The van der Waals surface area contributed by atoms with Crippen molar-refractivity contribution in [2.45, 2.75) is 36.7 Å². The molecule has 0 spiro atoms. The summed E-state index contributed by atoms with van der Waals surface area (Å²) < 4.78 is 27.6. The number of hydrogen-bond donors (Lipinski definition) is 4. The minimum atomic E-state index is -3.79. The van der Waals surface area contributed by atoms with E-state index in [0.29, 0.717) is 12.8 Å². The van der Waals surface area contributed by atoms with Crippen LogP contribution in [0.2, 0.25) is 0 Å². The highest BCUT2D eigenvalue weighted by molar-refractivity contribution is 7.89. The topological polar surface area (TPSA) is 137 Å². The molecule has 3 rings (SSSR count). The normalized spacial score (nSPS) is 21.4. The van der Waals surface area contributed by atoms with Gasteiger partial charge >= 0.3 is 5.69 Å². The van der Waals surface area contributed by atoms with Crippen LogP contribution in [-0.4, -0.2) is 42.0 Å². The number of aromatic nitrogens is 3. The molecule has 2 atom stereocenters. The maximum atomic E-state index is 12.5. The zero-order valence-electron chi connectivity index (χ0n) is 12.8. The van der Waals surface area contributed by atoms with E-state index in [2.05, 4.69) is 20.0 Å². The van der Waals surface area contributed by atoms with E-state index >= 15 is 0 Å². The molecule has 1 fully saturated rings. The summed E-state index contributed by atoms with van der Waals surface area (Å²) in [4.78, 5) is 31.1. The molecule has 0 radical (unpaired) electrons. The molecule has 0 aliphatic carbocycles. The van der Waals surface area contributed by atoms with E-state index < -0.39 is 21.3 Å². The summed E-state index contributed by atoms with van der Waals surface area (Å²) in [6, 6.07) is 1.28. The highest BCUT2D eigenvalue weighted by atomic mass is 35.5. The van der Waals surface area contributed by atoms with Crippen molar-refractivity contribution < 1.29 is 8.42 Å². The largest absolute Gasteiger partial charge is 0.327 e. The van der Waals surface area contributed by atoms with Crippen LogP contribution in [0.4, 0.5) is 0 Å². The predicted molar refractivity (Wildman–Crippen MR) is 91.0 cm³/mol. The summed E-state index contributed by atoms with van der Waals surface area (Å²) in [5.41, 5.74) is -1.32. The molecular formula is C13H18ClN5O4S. The average molecular weight is 376 g/mol. The third-order valence-electron chi connectivity index (χ3n) is 3.82. The molecule has 2 aromatic heterocycles. The molecule has 132 valence electrons. The maximum absolute atomic E-state index is 12.5. The molecule has 1 aliphatic rings. The Morgan fingerprint density at radius 3 is 2.75 bits per heavy atom. The number of halogens is 1. The van der Waals surface area contributed by atoms with Gasteiger partial charge in [-0.1, -0.05) is 0 Å². The highest BCUT2D eigenvalue weighted by Crippen LogP contribution is 2.15. The molecule has 9 nitrogen and oxygen atoms in total. The van der Waals surface area contributed by atoms with E-state index in [0.717, 1.165) is 12.7 Å². The number of piperidine rings is 1. The summed E-state index contributed by atoms with van der Waals surface area (Å²) in [6.07, 6.45) is 2.51. The van der Waals surface area contributed by atoms with Crippen molar-refractivity contribution in [2.24, 2.45) is 0 Å². The Morgan fingerprint density at radius 2 is 2.04 bits per heavy atom. The fourth-order valence-corrected chi connectivity index (χ4v) is 3.95. The smallest absolute Gasteiger partial charge is 0.314 e. The first-order valence-corrected chi connectivity index (χ1v) is 8.71. The summed E-state index contributed by atoms with van der Waals surface area (Å²) in [6.45, 7) is 2.74. The van der Waals surface area contributed by atoms with E-state index in [-0.39, 0.29) is 40.4 Å². The van der Waals surface area contributed by atoms with Crippen LogP contribution in [-0.2, 0) is 10.0 Å². The van der Waals surface area contributed by atoms with Gasteiger partial charge in [-0.2, -0.15) is 0 Å². The van der Waals surface area contributed by atoms with E-state index in [1.165, 1.54) is 6.07 Å². The van der Waals surface area contributed by atoms with Crippen molar-refractivity contribution in [3.05, 3.63) is 33.1 Å². The first kappa shape index (κ1) is 18.6. The number of nitrogens with one attached hydrogen (secondary N) is 4. The van der Waals surface area contributed by atoms with Crippen molar-refractivity contribution in [1.29, 1.82) is 0 Å². The van der Waals surface area contributed by atoms with Crippen molar-refractivity contribution in [3.63, 3.8) is 0 Å². The van der Waals surface area contributed by atoms with Crippen molar-refractivity contribution in [2.75, 3.05) is 6.54 Å². The first-order chi connectivity index (χ1) is 10.8. The second-order valence-corrected chi connectivity index (χ2v) is 7.39. The van der Waals surface area contributed by atoms with Gasteiger partial charge in [0.15, 0.2) is 0 Å². The fourth-order valence-electron chi connectivity index (χ4n) is 2.70. The minimum Gasteiger partial charge on any atom is -0.314 e. The SMILES string of the molecule is CC1CC(NS(=O)(=O)c2cnc3[nH]c(=O)[nH]c(=O)c3c2)CCN1.Cl. The zero-order valence-corrected chi connectivity index (χ0v) is 14.5. The zero-order chi connectivity index (χ0) is 16.6. The van der Waals surface area contributed by atoms with Gasteiger partial charge in [0.2, 0.25) is 10.0 Å². The van der Waals surface area contributed by atoms with Crippen LogP contribution in [0.15, 0.2) is 26.7 Å². The molecule has 24 heavy (non-hydrogen) atoms. The van der Waals surface area contributed by atoms with Gasteiger partial charge < -0.3 is 5.32 Å². The van der Waals surface area contributed by atoms with Crippen molar-refractivity contribution in [1.82, 2.24) is 25.0 Å². The molecule has 0 saturated carbocycles. The van der Waals surface area contributed by atoms with Crippen LogP contribution in [0, 0.1) is 0 Å². The van der Waals surface area contributed by atoms with Gasteiger partial charge in [-0.15, -0.1) is 12.4 Å². The van der Waals surface area contributed by atoms with Gasteiger partial charge in [-0.05, 0) is 32.4 Å². The third-order valence-corrected chi connectivity index (χ3v) is 5.31. The molecule has 2 aromatic rings. The fraction of sp³-hybridized carbons (Fsp3) is 0.462. The van der Waals surface area contributed by atoms with Gasteiger partial charge in [-0.25, -0.2) is 22.9 Å². The lowest BCUT2D eigenvalue weighted by Gasteiger charge is -2.28. The van der Waals surface area contributed by atoms with Gasteiger partial charge in [-0.3, -0.25) is 14.8 Å². The first-order valence-electron chi connectivity index (χ1n) is 7.23. The van der Waals surface area contributed by atoms with Gasteiger partial charge in [0.25, 0.3) is 5.56 Å². The second kappa shape index (κ2) is 7.01. The van der Waals surface area contributed by atoms with Gasteiger partial charge in [0, 0.05) is 18.3 Å². The van der Waals surface area contributed by atoms with E-state index in [1.807, 2.05) is 11.9 Å². The highest BCUT2D eigenvalue weighted by Gasteiger charge is 2.25. The van der Waals surface area contributed by atoms with Crippen molar-refractivity contribution in [3.8, 4) is 0 Å². The molecule has 2 unspecified atom stereocenters. The van der Waals surface area contributed by atoms with E-state index in [4.69, 9.17) is 0 Å². The molecule has 0 aromatic carbocycles. The molecule has 11 heteroatoms. The lowest BCUT2D eigenvalue weighted by Crippen LogP contribution is -2.46. The molecule has 0 bridgehead atoms. The van der Waals surface area contributed by atoms with Crippen LogP contribution < -0.4 is 21.3 Å². The standard InChI is InChI=1S/C13H17N5O4S.ClH/c1-7-4-8(2-3-14-7)18-23(21,22)9-5-10-11(15-6-9)16-13(20)17-12(10)19;/h5-8,14,18H,2-4H2,1H3,(H2,15,16,17,19,20);1H. The van der Waals surface area contributed by atoms with Gasteiger partial charge in [0.1, 0.15) is 10.5 Å². The number of nitrogens with zero attached hydrogens (tertiary/aromatic N) is 1. The number of rotatable bonds is 3. The number of fused-ring (bicyclic) bond motifs is 1.